The molecule has 0 aromatic carbocycles. The third-order valence-electron chi connectivity index (χ3n) is 3.04. The Kier molecular flexibility index (Phi) is 3.28. The van der Waals surface area contributed by atoms with E-state index in [1.165, 1.54) is 4.88 Å². The number of hydrogen-bond donors (Lipinski definition) is 0. The van der Waals surface area contributed by atoms with Gasteiger partial charge in [0.2, 0.25) is 0 Å². The lowest BCUT2D eigenvalue weighted by Gasteiger charge is -2.07. The summed E-state index contributed by atoms with van der Waals surface area (Å²) in [5.74, 6) is 1.00. The molecule has 0 aliphatic carbocycles. The highest BCUT2D eigenvalue weighted by atomic mass is 79.9. The second-order valence-electron chi connectivity index (χ2n) is 4.33. The summed E-state index contributed by atoms with van der Waals surface area (Å²) in [5.41, 5.74) is 2.16. The van der Waals surface area contributed by atoms with Gasteiger partial charge >= 0.3 is 0 Å². The van der Waals surface area contributed by atoms with Crippen LogP contribution >= 0.6 is 27.3 Å². The number of rotatable bonds is 3. The Morgan fingerprint density at radius 2 is 2.26 bits per heavy atom. The highest BCUT2D eigenvalue weighted by molar-refractivity contribution is 9.10. The summed E-state index contributed by atoms with van der Waals surface area (Å²) < 4.78 is 5.13. The molecule has 3 heterocycles. The van der Waals surface area contributed by atoms with Gasteiger partial charge in [0, 0.05) is 19.4 Å². The number of hydrogen-bond acceptors (Lipinski definition) is 3. The number of aryl methyl sites for hydroxylation is 2. The van der Waals surface area contributed by atoms with Gasteiger partial charge in [-0.3, -0.25) is 4.68 Å². The molecule has 4 nitrogen and oxygen atoms in total. The molecule has 0 unspecified atom stereocenters. The predicted octanol–water partition coefficient (Wildman–Crippen LogP) is 3.46. The van der Waals surface area contributed by atoms with Crippen molar-refractivity contribution in [3.63, 3.8) is 0 Å². The SMILES string of the molecule is Cc1nn(C)c(Cn2ccnc2-c2cccs2)c1Br. The first-order chi connectivity index (χ1) is 9.16. The average molecular weight is 337 g/mol. The molecule has 6 heteroatoms. The smallest absolute Gasteiger partial charge is 0.150 e. The number of imidazole rings is 1. The molecule has 3 rings (SSSR count). The van der Waals surface area contributed by atoms with Crippen LogP contribution in [-0.4, -0.2) is 19.3 Å². The molecule has 0 radical (unpaired) electrons. The molecule has 0 N–H and O–H groups in total. The van der Waals surface area contributed by atoms with Gasteiger partial charge in [0.05, 0.1) is 27.3 Å². The molecule has 0 saturated heterocycles. The maximum atomic E-state index is 4.45. The molecular formula is C13H13BrN4S. The van der Waals surface area contributed by atoms with E-state index in [0.717, 1.165) is 28.2 Å². The van der Waals surface area contributed by atoms with E-state index >= 15 is 0 Å². The number of aromatic nitrogens is 4. The van der Waals surface area contributed by atoms with Crippen LogP contribution in [0, 0.1) is 6.92 Å². The summed E-state index contributed by atoms with van der Waals surface area (Å²) in [4.78, 5) is 5.63. The van der Waals surface area contributed by atoms with E-state index in [9.17, 15) is 0 Å². The molecule has 98 valence electrons. The summed E-state index contributed by atoms with van der Waals surface area (Å²) >= 11 is 5.31. The second-order valence-corrected chi connectivity index (χ2v) is 6.07. The molecule has 0 amide bonds. The average Bonchev–Trinajstić information content (AvgIpc) is 3.08. The van der Waals surface area contributed by atoms with Gasteiger partial charge in [-0.25, -0.2) is 4.98 Å². The Balaban J connectivity index is 1.99. The molecule has 0 aliphatic rings. The fourth-order valence-electron chi connectivity index (χ4n) is 2.08. The maximum absolute atomic E-state index is 4.45. The van der Waals surface area contributed by atoms with E-state index in [-0.39, 0.29) is 0 Å². The van der Waals surface area contributed by atoms with Crippen molar-refractivity contribution in [2.24, 2.45) is 7.05 Å². The molecule has 0 bridgehead atoms. The summed E-state index contributed by atoms with van der Waals surface area (Å²) in [7, 11) is 1.97. The lowest BCUT2D eigenvalue weighted by atomic mass is 10.3. The first-order valence-electron chi connectivity index (χ1n) is 5.90. The van der Waals surface area contributed by atoms with Crippen molar-refractivity contribution in [1.29, 1.82) is 0 Å². The van der Waals surface area contributed by atoms with Crippen LogP contribution in [0.1, 0.15) is 11.4 Å². The molecular weight excluding hydrogens is 324 g/mol. The van der Waals surface area contributed by atoms with Crippen molar-refractivity contribution in [2.75, 3.05) is 0 Å². The molecule has 0 saturated carbocycles. The highest BCUT2D eigenvalue weighted by Crippen LogP contribution is 2.26. The van der Waals surface area contributed by atoms with Gasteiger partial charge in [0.1, 0.15) is 5.82 Å². The highest BCUT2D eigenvalue weighted by Gasteiger charge is 2.13. The molecule has 0 fully saturated rings. The van der Waals surface area contributed by atoms with Gasteiger partial charge in [0.15, 0.2) is 0 Å². The maximum Gasteiger partial charge on any atom is 0.150 e. The number of halogens is 1. The molecule has 0 aliphatic heterocycles. The fraction of sp³-hybridized carbons (Fsp3) is 0.231. The summed E-state index contributed by atoms with van der Waals surface area (Å²) in [6, 6.07) is 4.14. The van der Waals surface area contributed by atoms with Crippen molar-refractivity contribution >= 4 is 27.3 Å². The van der Waals surface area contributed by atoms with Crippen molar-refractivity contribution in [2.45, 2.75) is 13.5 Å². The van der Waals surface area contributed by atoms with Gasteiger partial charge in [-0.05, 0) is 34.3 Å². The largest absolute Gasteiger partial charge is 0.324 e. The van der Waals surface area contributed by atoms with Crippen LogP contribution in [0.5, 0.6) is 0 Å². The van der Waals surface area contributed by atoms with Crippen LogP contribution in [0.15, 0.2) is 34.4 Å². The lowest BCUT2D eigenvalue weighted by Crippen LogP contribution is -2.06. The standard InChI is InChI=1S/C13H13BrN4S/c1-9-12(14)10(17(2)16-9)8-18-6-5-15-13(18)11-4-3-7-19-11/h3-7H,8H2,1-2H3. The minimum Gasteiger partial charge on any atom is -0.324 e. The zero-order valence-corrected chi connectivity index (χ0v) is 13.1. The minimum absolute atomic E-state index is 0.755. The molecule has 3 aromatic heterocycles. The molecule has 0 spiro atoms. The summed E-state index contributed by atoms with van der Waals surface area (Å²) in [6.07, 6.45) is 3.84. The van der Waals surface area contributed by atoms with Crippen molar-refractivity contribution in [3.05, 3.63) is 45.8 Å². The minimum atomic E-state index is 0.755. The molecule has 3 aromatic rings. The summed E-state index contributed by atoms with van der Waals surface area (Å²) in [6.45, 7) is 2.76. The van der Waals surface area contributed by atoms with Gasteiger partial charge in [0.25, 0.3) is 0 Å². The number of nitrogens with zero attached hydrogens (tertiary/aromatic N) is 4. The van der Waals surface area contributed by atoms with Crippen LogP contribution in [0.3, 0.4) is 0 Å². The van der Waals surface area contributed by atoms with Gasteiger partial charge in [-0.2, -0.15) is 5.10 Å². The predicted molar refractivity (Wildman–Crippen MR) is 80.3 cm³/mol. The third kappa shape index (κ3) is 2.26. The Labute approximate surface area is 123 Å². The van der Waals surface area contributed by atoms with E-state index in [1.807, 2.05) is 37.1 Å². The lowest BCUT2D eigenvalue weighted by molar-refractivity contribution is 0.665. The third-order valence-corrected chi connectivity index (χ3v) is 4.94. The van der Waals surface area contributed by atoms with E-state index < -0.39 is 0 Å². The quantitative estimate of drug-likeness (QED) is 0.734. The van der Waals surface area contributed by atoms with E-state index in [0.29, 0.717) is 0 Å². The first kappa shape index (κ1) is 12.6. The van der Waals surface area contributed by atoms with Crippen molar-refractivity contribution in [3.8, 4) is 10.7 Å². The normalized spacial score (nSPS) is 11.1. The van der Waals surface area contributed by atoms with Crippen molar-refractivity contribution in [1.82, 2.24) is 19.3 Å². The Morgan fingerprint density at radius 3 is 2.89 bits per heavy atom. The second kappa shape index (κ2) is 4.94. The molecule has 0 atom stereocenters. The van der Waals surface area contributed by atoms with Gasteiger partial charge in [-0.15, -0.1) is 11.3 Å². The number of thiophene rings is 1. The first-order valence-corrected chi connectivity index (χ1v) is 7.57. The van der Waals surface area contributed by atoms with Gasteiger partial charge in [-0.1, -0.05) is 6.07 Å². The monoisotopic (exact) mass is 336 g/mol. The van der Waals surface area contributed by atoms with Crippen molar-refractivity contribution < 1.29 is 0 Å². The Hall–Kier alpha value is -1.40. The Morgan fingerprint density at radius 1 is 1.42 bits per heavy atom. The Bertz CT molecular complexity index is 696. The van der Waals surface area contributed by atoms with Crippen LogP contribution in [0.2, 0.25) is 0 Å². The topological polar surface area (TPSA) is 35.6 Å². The van der Waals surface area contributed by atoms with E-state index in [2.05, 4.69) is 42.0 Å². The van der Waals surface area contributed by atoms with Crippen LogP contribution < -0.4 is 0 Å². The zero-order chi connectivity index (χ0) is 13.4. The van der Waals surface area contributed by atoms with Crippen LogP contribution in [-0.2, 0) is 13.6 Å². The van der Waals surface area contributed by atoms with E-state index in [1.54, 1.807) is 11.3 Å². The fourth-order valence-corrected chi connectivity index (χ4v) is 3.28. The van der Waals surface area contributed by atoms with E-state index in [4.69, 9.17) is 0 Å². The molecule has 19 heavy (non-hydrogen) atoms. The zero-order valence-electron chi connectivity index (χ0n) is 10.7. The summed E-state index contributed by atoms with van der Waals surface area (Å²) in [5, 5.41) is 6.49. The van der Waals surface area contributed by atoms with Crippen LogP contribution in [0.25, 0.3) is 10.7 Å². The van der Waals surface area contributed by atoms with Gasteiger partial charge < -0.3 is 4.57 Å². The van der Waals surface area contributed by atoms with Crippen LogP contribution in [0.4, 0.5) is 0 Å².